The Balaban J connectivity index is 0. The number of hydrogen-bond acceptors (Lipinski definition) is 3. The first-order valence-corrected chi connectivity index (χ1v) is 2.23. The van der Waals surface area contributed by atoms with Crippen LogP contribution in [-0.2, 0) is 0 Å². The highest BCUT2D eigenvalue weighted by molar-refractivity contribution is 5.85. The summed E-state index contributed by atoms with van der Waals surface area (Å²) in [6.45, 7) is 1.39. The summed E-state index contributed by atoms with van der Waals surface area (Å²) in [5.41, 5.74) is 5.12. The van der Waals surface area contributed by atoms with E-state index in [0.29, 0.717) is 0 Å². The summed E-state index contributed by atoms with van der Waals surface area (Å²) in [6, 6.07) is -0.486. The predicted molar refractivity (Wildman–Crippen MR) is 34.0 cm³/mol. The van der Waals surface area contributed by atoms with Gasteiger partial charge in [0.05, 0.1) is 18.8 Å². The first-order valence-electron chi connectivity index (χ1n) is 2.23. The SMILES string of the molecule is C[C@H](O)[C@@H](N)CO.Cl. The van der Waals surface area contributed by atoms with Crippen molar-refractivity contribution in [3.63, 3.8) is 0 Å². The third kappa shape index (κ3) is 4.33. The molecule has 52 valence electrons. The van der Waals surface area contributed by atoms with E-state index in [1.165, 1.54) is 0 Å². The highest BCUT2D eigenvalue weighted by Gasteiger charge is 2.04. The molecule has 0 aliphatic rings. The predicted octanol–water partition coefficient (Wildman–Crippen LogP) is -0.891. The minimum Gasteiger partial charge on any atom is -0.395 e. The zero-order valence-corrected chi connectivity index (χ0v) is 5.56. The Morgan fingerprint density at radius 3 is 2.00 bits per heavy atom. The summed E-state index contributed by atoms with van der Waals surface area (Å²) in [6.07, 6.45) is -0.606. The van der Waals surface area contributed by atoms with Gasteiger partial charge in [-0.15, -0.1) is 12.4 Å². The molecule has 0 radical (unpaired) electrons. The van der Waals surface area contributed by atoms with E-state index in [-0.39, 0.29) is 19.0 Å². The van der Waals surface area contributed by atoms with Gasteiger partial charge in [-0.1, -0.05) is 0 Å². The van der Waals surface area contributed by atoms with Gasteiger partial charge in [-0.05, 0) is 6.92 Å². The molecule has 0 aromatic carbocycles. The molecule has 0 amide bonds. The van der Waals surface area contributed by atoms with Crippen LogP contribution in [-0.4, -0.2) is 29.0 Å². The van der Waals surface area contributed by atoms with Crippen molar-refractivity contribution in [3.05, 3.63) is 0 Å². The van der Waals surface area contributed by atoms with Crippen molar-refractivity contribution in [2.75, 3.05) is 6.61 Å². The Labute approximate surface area is 54.9 Å². The highest BCUT2D eigenvalue weighted by Crippen LogP contribution is 1.83. The molecule has 0 bridgehead atoms. The van der Waals surface area contributed by atoms with Crippen LogP contribution in [0.2, 0.25) is 0 Å². The maximum Gasteiger partial charge on any atom is 0.0685 e. The fourth-order valence-corrected chi connectivity index (χ4v) is 0.153. The fourth-order valence-electron chi connectivity index (χ4n) is 0.153. The molecule has 4 heteroatoms. The molecule has 2 atom stereocenters. The van der Waals surface area contributed by atoms with Crippen molar-refractivity contribution in [2.45, 2.75) is 19.1 Å². The molecular weight excluding hydrogens is 130 g/mol. The monoisotopic (exact) mass is 141 g/mol. The molecule has 0 saturated carbocycles. The van der Waals surface area contributed by atoms with E-state index in [9.17, 15) is 0 Å². The lowest BCUT2D eigenvalue weighted by molar-refractivity contribution is 0.123. The van der Waals surface area contributed by atoms with Crippen molar-refractivity contribution >= 4 is 12.4 Å². The molecule has 0 fully saturated rings. The van der Waals surface area contributed by atoms with Crippen molar-refractivity contribution in [1.29, 1.82) is 0 Å². The van der Waals surface area contributed by atoms with E-state index < -0.39 is 12.1 Å². The summed E-state index contributed by atoms with van der Waals surface area (Å²) in [4.78, 5) is 0. The Morgan fingerprint density at radius 1 is 1.62 bits per heavy atom. The van der Waals surface area contributed by atoms with Crippen molar-refractivity contribution in [3.8, 4) is 0 Å². The van der Waals surface area contributed by atoms with E-state index in [2.05, 4.69) is 0 Å². The van der Waals surface area contributed by atoms with Gasteiger partial charge in [-0.25, -0.2) is 0 Å². The molecular formula is C4H12ClNO2. The van der Waals surface area contributed by atoms with Gasteiger partial charge >= 0.3 is 0 Å². The van der Waals surface area contributed by atoms with E-state index in [1.807, 2.05) is 0 Å². The number of rotatable bonds is 2. The number of nitrogens with two attached hydrogens (primary N) is 1. The zero-order chi connectivity index (χ0) is 5.86. The Kier molecular flexibility index (Phi) is 7.32. The summed E-state index contributed by atoms with van der Waals surface area (Å²) in [5, 5.41) is 16.8. The number of halogens is 1. The van der Waals surface area contributed by atoms with Gasteiger partial charge < -0.3 is 15.9 Å². The molecule has 0 aromatic rings. The minimum absolute atomic E-state index is 0. The average molecular weight is 142 g/mol. The average Bonchev–Trinajstić information content (AvgIpc) is 1.65. The van der Waals surface area contributed by atoms with Gasteiger partial charge in [0.25, 0.3) is 0 Å². The second-order valence-corrected chi connectivity index (χ2v) is 1.59. The summed E-state index contributed by atoms with van der Waals surface area (Å²) >= 11 is 0. The second kappa shape index (κ2) is 5.31. The molecule has 0 aliphatic heterocycles. The van der Waals surface area contributed by atoms with Crippen LogP contribution in [0.15, 0.2) is 0 Å². The largest absolute Gasteiger partial charge is 0.395 e. The maximum absolute atomic E-state index is 8.54. The molecule has 4 N–H and O–H groups in total. The first kappa shape index (κ1) is 11.0. The van der Waals surface area contributed by atoms with Crippen LogP contribution in [0.3, 0.4) is 0 Å². The number of aliphatic hydroxyl groups is 2. The Bertz CT molecular complexity index is 51.3. The van der Waals surface area contributed by atoms with Gasteiger partial charge in [0.15, 0.2) is 0 Å². The maximum atomic E-state index is 8.54. The van der Waals surface area contributed by atoms with E-state index in [0.717, 1.165) is 0 Å². The highest BCUT2D eigenvalue weighted by atomic mass is 35.5. The van der Waals surface area contributed by atoms with Gasteiger partial charge in [0.1, 0.15) is 0 Å². The van der Waals surface area contributed by atoms with Crippen LogP contribution < -0.4 is 5.73 Å². The Hall–Kier alpha value is 0.170. The molecule has 0 aliphatic carbocycles. The smallest absolute Gasteiger partial charge is 0.0685 e. The van der Waals surface area contributed by atoms with Crippen LogP contribution >= 0.6 is 12.4 Å². The second-order valence-electron chi connectivity index (χ2n) is 1.59. The summed E-state index contributed by atoms with van der Waals surface area (Å²) in [7, 11) is 0. The standard InChI is InChI=1S/C4H11NO2.ClH/c1-3(7)4(5)2-6;/h3-4,6-7H,2,5H2,1H3;1H/t3-,4-;/m0./s1. The molecule has 8 heavy (non-hydrogen) atoms. The van der Waals surface area contributed by atoms with Crippen LogP contribution in [0.1, 0.15) is 6.92 Å². The number of hydrogen-bond donors (Lipinski definition) is 3. The van der Waals surface area contributed by atoms with Gasteiger partial charge in [0, 0.05) is 0 Å². The van der Waals surface area contributed by atoms with E-state index >= 15 is 0 Å². The molecule has 3 nitrogen and oxygen atoms in total. The fraction of sp³-hybridized carbons (Fsp3) is 1.00. The third-order valence-corrected chi connectivity index (χ3v) is 0.830. The van der Waals surface area contributed by atoms with Gasteiger partial charge in [0.2, 0.25) is 0 Å². The molecule has 0 saturated heterocycles. The van der Waals surface area contributed by atoms with Crippen LogP contribution in [0.4, 0.5) is 0 Å². The zero-order valence-electron chi connectivity index (χ0n) is 4.74. The van der Waals surface area contributed by atoms with Gasteiger partial charge in [-0.2, -0.15) is 0 Å². The summed E-state index contributed by atoms with van der Waals surface area (Å²) < 4.78 is 0. The lowest BCUT2D eigenvalue weighted by Gasteiger charge is -2.08. The van der Waals surface area contributed by atoms with Crippen LogP contribution in [0.5, 0.6) is 0 Å². The molecule has 0 aromatic heterocycles. The quantitative estimate of drug-likeness (QED) is 0.468. The lowest BCUT2D eigenvalue weighted by atomic mass is 10.2. The van der Waals surface area contributed by atoms with Crippen LogP contribution in [0, 0.1) is 0 Å². The molecule has 0 heterocycles. The van der Waals surface area contributed by atoms with Crippen molar-refractivity contribution in [1.82, 2.24) is 0 Å². The topological polar surface area (TPSA) is 66.5 Å². The lowest BCUT2D eigenvalue weighted by Crippen LogP contribution is -2.35. The molecule has 0 unspecified atom stereocenters. The third-order valence-electron chi connectivity index (χ3n) is 0.830. The Morgan fingerprint density at radius 2 is 2.00 bits per heavy atom. The first-order chi connectivity index (χ1) is 3.18. The van der Waals surface area contributed by atoms with Crippen LogP contribution in [0.25, 0.3) is 0 Å². The summed E-state index contributed by atoms with van der Waals surface area (Å²) in [5.74, 6) is 0. The normalized spacial score (nSPS) is 16.5. The number of aliphatic hydroxyl groups excluding tert-OH is 2. The van der Waals surface area contributed by atoms with Crippen molar-refractivity contribution in [2.24, 2.45) is 5.73 Å². The molecule has 0 rings (SSSR count). The van der Waals surface area contributed by atoms with E-state index in [1.54, 1.807) is 6.92 Å². The van der Waals surface area contributed by atoms with E-state index in [4.69, 9.17) is 15.9 Å². The minimum atomic E-state index is -0.606. The van der Waals surface area contributed by atoms with Crippen molar-refractivity contribution < 1.29 is 10.2 Å². The van der Waals surface area contributed by atoms with Gasteiger partial charge in [-0.3, -0.25) is 0 Å². The molecule has 0 spiro atoms.